The summed E-state index contributed by atoms with van der Waals surface area (Å²) in [4.78, 5) is 2.06. The molecule has 1 heterocycles. The molecule has 1 aromatic rings. The average molecular weight is 251 g/mol. The first-order chi connectivity index (χ1) is 8.59. The number of anilines is 2. The lowest BCUT2D eigenvalue weighted by molar-refractivity contribution is 0.122. The fraction of sp³-hybridized carbons (Fsp3) is 0.538. The highest BCUT2D eigenvalue weighted by Crippen LogP contribution is 2.32. The minimum absolute atomic E-state index is 0.0450. The van der Waals surface area contributed by atoms with E-state index in [0.29, 0.717) is 24.8 Å². The van der Waals surface area contributed by atoms with Gasteiger partial charge >= 0.3 is 0 Å². The number of nitrogens with zero attached hydrogens (tertiary/aromatic N) is 2. The smallest absolute Gasteiger partial charge is 0.0746 e. The van der Waals surface area contributed by atoms with Gasteiger partial charge in [0.2, 0.25) is 0 Å². The third kappa shape index (κ3) is 2.75. The Labute approximate surface area is 107 Å². The average Bonchev–Trinajstić information content (AvgIpc) is 2.39. The molecule has 0 amide bonds. The van der Waals surface area contributed by atoms with Gasteiger partial charge in [-0.1, -0.05) is 19.9 Å². The lowest BCUT2D eigenvalue weighted by Crippen LogP contribution is -2.37. The van der Waals surface area contributed by atoms with Crippen molar-refractivity contribution in [2.24, 2.45) is 0 Å². The van der Waals surface area contributed by atoms with Crippen LogP contribution in [-0.4, -0.2) is 31.5 Å². The molecule has 0 bridgehead atoms. The molecule has 0 unspecified atom stereocenters. The van der Waals surface area contributed by atoms with Crippen LogP contribution in [0.15, 0.2) is 18.2 Å². The van der Waals surface area contributed by atoms with Crippen LogP contribution >= 0.6 is 0 Å². The van der Waals surface area contributed by atoms with Crippen LogP contribution in [-0.2, 0) is 4.74 Å². The molecule has 1 aromatic carbocycles. The number of hydrogen-bond acceptors (Lipinski definition) is 5. The van der Waals surface area contributed by atoms with Gasteiger partial charge in [0.05, 0.1) is 24.6 Å². The molecule has 0 aromatic heterocycles. The normalized spacial score (nSPS) is 16.2. The Balaban J connectivity index is 2.33. The third-order valence-electron chi connectivity index (χ3n) is 3.22. The van der Waals surface area contributed by atoms with Crippen LogP contribution in [0, 0.1) is 5.21 Å². The van der Waals surface area contributed by atoms with Gasteiger partial charge in [0.1, 0.15) is 0 Å². The van der Waals surface area contributed by atoms with Gasteiger partial charge in [0, 0.05) is 13.1 Å². The summed E-state index contributed by atoms with van der Waals surface area (Å²) in [6, 6.07) is 5.65. The highest BCUT2D eigenvalue weighted by Gasteiger charge is 2.16. The number of hydrogen-bond donors (Lipinski definition) is 1. The topological polar surface area (TPSA) is 59.0 Å². The molecule has 0 spiro atoms. The van der Waals surface area contributed by atoms with Crippen molar-refractivity contribution in [2.75, 3.05) is 36.4 Å². The van der Waals surface area contributed by atoms with Crippen molar-refractivity contribution in [1.29, 1.82) is 0 Å². The van der Waals surface area contributed by atoms with Crippen molar-refractivity contribution in [3.8, 4) is 0 Å². The first kappa shape index (κ1) is 13.1. The Morgan fingerprint density at radius 2 is 2.00 bits per heavy atom. The van der Waals surface area contributed by atoms with E-state index in [1.54, 1.807) is 6.07 Å². The highest BCUT2D eigenvalue weighted by molar-refractivity contribution is 5.72. The number of morpholine rings is 1. The number of rotatable bonds is 3. The SMILES string of the molecule is CC(C)c1ccc(N2CCOCC2)c(N([O-])O)c1. The Morgan fingerprint density at radius 3 is 2.56 bits per heavy atom. The second kappa shape index (κ2) is 5.56. The van der Waals surface area contributed by atoms with Crippen molar-refractivity contribution in [3.05, 3.63) is 29.0 Å². The Hall–Kier alpha value is -1.30. The molecule has 5 heteroatoms. The van der Waals surface area contributed by atoms with Crippen LogP contribution in [0.4, 0.5) is 11.4 Å². The quantitative estimate of drug-likeness (QED) is 0.835. The summed E-state index contributed by atoms with van der Waals surface area (Å²) in [6.07, 6.45) is 0. The van der Waals surface area contributed by atoms with E-state index in [1.807, 2.05) is 12.1 Å². The summed E-state index contributed by atoms with van der Waals surface area (Å²) in [6.45, 7) is 6.88. The second-order valence-electron chi connectivity index (χ2n) is 4.78. The van der Waals surface area contributed by atoms with Gasteiger partial charge in [-0.15, -0.1) is 0 Å². The molecular weight excluding hydrogens is 232 g/mol. The van der Waals surface area contributed by atoms with Gasteiger partial charge in [-0.05, 0) is 23.6 Å². The van der Waals surface area contributed by atoms with Crippen LogP contribution in [0.25, 0.3) is 0 Å². The minimum Gasteiger partial charge on any atom is -0.733 e. The lowest BCUT2D eigenvalue weighted by Gasteiger charge is -2.34. The van der Waals surface area contributed by atoms with Crippen molar-refractivity contribution in [2.45, 2.75) is 19.8 Å². The summed E-state index contributed by atoms with van der Waals surface area (Å²) in [7, 11) is 0. The molecule has 2 rings (SSSR count). The van der Waals surface area contributed by atoms with Crippen LogP contribution < -0.4 is 10.1 Å². The molecule has 1 fully saturated rings. The fourth-order valence-corrected chi connectivity index (χ4v) is 2.12. The third-order valence-corrected chi connectivity index (χ3v) is 3.22. The monoisotopic (exact) mass is 251 g/mol. The van der Waals surface area contributed by atoms with E-state index in [9.17, 15) is 10.4 Å². The maximum atomic E-state index is 11.3. The molecular formula is C13H19N2O3-. The van der Waals surface area contributed by atoms with E-state index in [-0.39, 0.29) is 5.23 Å². The zero-order valence-corrected chi connectivity index (χ0v) is 10.8. The van der Waals surface area contributed by atoms with Gasteiger partial charge in [-0.25, -0.2) is 0 Å². The molecule has 100 valence electrons. The van der Waals surface area contributed by atoms with Crippen LogP contribution in [0.3, 0.4) is 0 Å². The van der Waals surface area contributed by atoms with Crippen LogP contribution in [0.1, 0.15) is 25.3 Å². The van der Waals surface area contributed by atoms with Gasteiger partial charge in [-0.2, -0.15) is 0 Å². The molecule has 0 saturated carbocycles. The minimum atomic E-state index is -0.0450. The van der Waals surface area contributed by atoms with E-state index < -0.39 is 0 Å². The predicted octanol–water partition coefficient (Wildman–Crippen LogP) is 2.34. The molecule has 0 atom stereocenters. The molecule has 1 aliphatic rings. The summed E-state index contributed by atoms with van der Waals surface area (Å²) in [5.74, 6) is 0.322. The van der Waals surface area contributed by atoms with E-state index >= 15 is 0 Å². The summed E-state index contributed by atoms with van der Waals surface area (Å²) < 4.78 is 5.29. The van der Waals surface area contributed by atoms with Crippen molar-refractivity contribution < 1.29 is 9.94 Å². The summed E-state index contributed by atoms with van der Waals surface area (Å²) >= 11 is 0. The van der Waals surface area contributed by atoms with E-state index in [2.05, 4.69) is 18.7 Å². The summed E-state index contributed by atoms with van der Waals surface area (Å²) in [5, 5.41) is 20.5. The second-order valence-corrected chi connectivity index (χ2v) is 4.78. The maximum absolute atomic E-state index is 11.3. The molecule has 0 aliphatic carbocycles. The lowest BCUT2D eigenvalue weighted by atomic mass is 10.0. The van der Waals surface area contributed by atoms with Gasteiger partial charge in [0.25, 0.3) is 0 Å². The molecule has 18 heavy (non-hydrogen) atoms. The first-order valence-electron chi connectivity index (χ1n) is 6.22. The highest BCUT2D eigenvalue weighted by atomic mass is 16.8. The van der Waals surface area contributed by atoms with Gasteiger partial charge in [-0.3, -0.25) is 5.21 Å². The molecule has 1 N–H and O–H groups in total. The van der Waals surface area contributed by atoms with Crippen molar-refractivity contribution >= 4 is 11.4 Å². The fourth-order valence-electron chi connectivity index (χ4n) is 2.12. The van der Waals surface area contributed by atoms with E-state index in [4.69, 9.17) is 4.74 Å². The van der Waals surface area contributed by atoms with Crippen molar-refractivity contribution in [3.63, 3.8) is 0 Å². The summed E-state index contributed by atoms with van der Waals surface area (Å²) in [5.41, 5.74) is 2.11. The van der Waals surface area contributed by atoms with Crippen molar-refractivity contribution in [1.82, 2.24) is 0 Å². The standard InChI is InChI=1S/C13H19N2O3/c1-10(2)11-3-4-12(13(9-11)15(16)17)14-5-7-18-8-6-14/h3-4,9-10,16H,5-8H2,1-2H3/q-1. The Bertz CT molecular complexity index is 401. The zero-order valence-electron chi connectivity index (χ0n) is 10.8. The molecule has 0 radical (unpaired) electrons. The first-order valence-corrected chi connectivity index (χ1v) is 6.22. The van der Waals surface area contributed by atoms with E-state index in [1.165, 1.54) is 0 Å². The number of benzene rings is 1. The molecule has 1 saturated heterocycles. The molecule has 1 aliphatic heterocycles. The van der Waals surface area contributed by atoms with Crippen LogP contribution in [0.5, 0.6) is 0 Å². The van der Waals surface area contributed by atoms with Gasteiger partial charge in [0.15, 0.2) is 0 Å². The largest absolute Gasteiger partial charge is 0.733 e. The van der Waals surface area contributed by atoms with E-state index in [0.717, 1.165) is 24.3 Å². The van der Waals surface area contributed by atoms with Crippen LogP contribution in [0.2, 0.25) is 0 Å². The Kier molecular flexibility index (Phi) is 4.06. The zero-order chi connectivity index (χ0) is 13.1. The predicted molar refractivity (Wildman–Crippen MR) is 71.2 cm³/mol. The maximum Gasteiger partial charge on any atom is 0.0746 e. The number of ether oxygens (including phenoxy) is 1. The van der Waals surface area contributed by atoms with Gasteiger partial charge < -0.3 is 20.1 Å². The molecule has 5 nitrogen and oxygen atoms in total. The Morgan fingerprint density at radius 1 is 1.33 bits per heavy atom.